The number of amides is 1. The summed E-state index contributed by atoms with van der Waals surface area (Å²) in [5, 5.41) is 2.77. The van der Waals surface area contributed by atoms with Crippen molar-refractivity contribution in [1.29, 1.82) is 0 Å². The molecule has 0 aliphatic carbocycles. The molecule has 0 spiro atoms. The molecule has 120 valence electrons. The number of rotatable bonds is 6. The molecule has 0 aromatic heterocycles. The van der Waals surface area contributed by atoms with E-state index in [9.17, 15) is 9.59 Å². The number of halogens is 1. The third-order valence-corrected chi connectivity index (χ3v) is 4.02. The summed E-state index contributed by atoms with van der Waals surface area (Å²) in [6, 6.07) is 7.07. The number of piperazine rings is 1. The van der Waals surface area contributed by atoms with E-state index in [4.69, 9.17) is 4.74 Å². The first-order chi connectivity index (χ1) is 10.6. The second kappa shape index (κ2) is 8.14. The smallest absolute Gasteiger partial charge is 0.307 e. The van der Waals surface area contributed by atoms with Crippen molar-refractivity contribution in [2.75, 3.05) is 33.4 Å². The molecule has 1 saturated heterocycles. The Labute approximate surface area is 137 Å². The molecule has 1 N–H and O–H groups in total. The van der Waals surface area contributed by atoms with E-state index in [-0.39, 0.29) is 18.3 Å². The molecule has 2 rings (SSSR count). The summed E-state index contributed by atoms with van der Waals surface area (Å²) in [6.45, 7) is 2.30. The summed E-state index contributed by atoms with van der Waals surface area (Å²) >= 11 is 3.37. The van der Waals surface area contributed by atoms with Crippen LogP contribution in [0.15, 0.2) is 28.7 Å². The Kier molecular flexibility index (Phi) is 6.21. The summed E-state index contributed by atoms with van der Waals surface area (Å²) in [7, 11) is 1.32. The maximum atomic E-state index is 11.9. The number of carbonyl (C=O) groups is 2. The molecule has 1 aliphatic rings. The normalized spacial score (nSPS) is 18.6. The third kappa shape index (κ3) is 4.71. The molecule has 1 atom stereocenters. The predicted octanol–water partition coefficient (Wildman–Crippen LogP) is 1.19. The minimum absolute atomic E-state index is 0.0562. The fraction of sp³-hybridized carbons (Fsp3) is 0.467. The van der Waals surface area contributed by atoms with Crippen LogP contribution in [-0.4, -0.2) is 56.2 Å². The monoisotopic (exact) mass is 370 g/mol. The van der Waals surface area contributed by atoms with Gasteiger partial charge in [0.25, 0.3) is 0 Å². The van der Waals surface area contributed by atoms with Gasteiger partial charge in [-0.2, -0.15) is 0 Å². The van der Waals surface area contributed by atoms with E-state index in [0.29, 0.717) is 26.2 Å². The third-order valence-electron chi connectivity index (χ3n) is 3.49. The number of hydrogen-bond donors (Lipinski definition) is 1. The van der Waals surface area contributed by atoms with Gasteiger partial charge in [0.15, 0.2) is 0 Å². The zero-order chi connectivity index (χ0) is 15.9. The SMILES string of the molecule is COC(=O)CC1C(=O)NCCN1CCOc1ccc(Br)cc1. The Morgan fingerprint density at radius 2 is 2.14 bits per heavy atom. The summed E-state index contributed by atoms with van der Waals surface area (Å²) in [4.78, 5) is 25.3. The first-order valence-corrected chi connectivity index (χ1v) is 7.86. The van der Waals surface area contributed by atoms with Gasteiger partial charge in [0.05, 0.1) is 19.6 Å². The van der Waals surface area contributed by atoms with E-state index in [2.05, 4.69) is 26.0 Å². The topological polar surface area (TPSA) is 67.9 Å². The van der Waals surface area contributed by atoms with Crippen molar-refractivity contribution >= 4 is 27.8 Å². The molecule has 0 radical (unpaired) electrons. The highest BCUT2D eigenvalue weighted by atomic mass is 79.9. The molecule has 1 aromatic carbocycles. The summed E-state index contributed by atoms with van der Waals surface area (Å²) < 4.78 is 11.3. The molecular weight excluding hydrogens is 352 g/mol. The Hall–Kier alpha value is -1.60. The highest BCUT2D eigenvalue weighted by molar-refractivity contribution is 9.10. The summed E-state index contributed by atoms with van der Waals surface area (Å²) in [5.74, 6) is 0.246. The lowest BCUT2D eigenvalue weighted by molar-refractivity contribution is -0.146. The Balaban J connectivity index is 1.87. The summed E-state index contributed by atoms with van der Waals surface area (Å²) in [5.41, 5.74) is 0. The zero-order valence-electron chi connectivity index (χ0n) is 12.4. The molecule has 6 nitrogen and oxygen atoms in total. The maximum Gasteiger partial charge on any atom is 0.307 e. The largest absolute Gasteiger partial charge is 0.492 e. The quantitative estimate of drug-likeness (QED) is 0.761. The molecular formula is C15H19BrN2O4. The van der Waals surface area contributed by atoms with Gasteiger partial charge in [-0.25, -0.2) is 0 Å². The van der Waals surface area contributed by atoms with Gasteiger partial charge in [-0.3, -0.25) is 14.5 Å². The molecule has 0 saturated carbocycles. The van der Waals surface area contributed by atoms with Gasteiger partial charge in [-0.05, 0) is 24.3 Å². The average molecular weight is 371 g/mol. The molecule has 1 fully saturated rings. The van der Waals surface area contributed by atoms with Crippen LogP contribution in [0.1, 0.15) is 6.42 Å². The lowest BCUT2D eigenvalue weighted by atomic mass is 10.1. The molecule has 7 heteroatoms. The van der Waals surface area contributed by atoms with Crippen LogP contribution in [-0.2, 0) is 14.3 Å². The number of ether oxygens (including phenoxy) is 2. The fourth-order valence-electron chi connectivity index (χ4n) is 2.30. The molecule has 1 unspecified atom stereocenters. The van der Waals surface area contributed by atoms with Crippen molar-refractivity contribution in [3.05, 3.63) is 28.7 Å². The predicted molar refractivity (Wildman–Crippen MR) is 84.6 cm³/mol. The van der Waals surface area contributed by atoms with E-state index in [1.165, 1.54) is 7.11 Å². The number of nitrogens with zero attached hydrogens (tertiary/aromatic N) is 1. The Bertz CT molecular complexity index is 521. The van der Waals surface area contributed by atoms with Crippen LogP contribution in [0.3, 0.4) is 0 Å². The van der Waals surface area contributed by atoms with Gasteiger partial charge in [0.2, 0.25) is 5.91 Å². The van der Waals surface area contributed by atoms with E-state index < -0.39 is 6.04 Å². The Morgan fingerprint density at radius 3 is 2.82 bits per heavy atom. The maximum absolute atomic E-state index is 11.9. The van der Waals surface area contributed by atoms with E-state index in [0.717, 1.165) is 10.2 Å². The second-order valence-electron chi connectivity index (χ2n) is 4.93. The van der Waals surface area contributed by atoms with Gasteiger partial charge < -0.3 is 14.8 Å². The van der Waals surface area contributed by atoms with Crippen molar-refractivity contribution in [1.82, 2.24) is 10.2 Å². The van der Waals surface area contributed by atoms with Crippen LogP contribution in [0, 0.1) is 0 Å². The minimum Gasteiger partial charge on any atom is -0.492 e. The van der Waals surface area contributed by atoms with E-state index in [1.54, 1.807) is 0 Å². The Morgan fingerprint density at radius 1 is 1.41 bits per heavy atom. The number of carbonyl (C=O) groups excluding carboxylic acids is 2. The van der Waals surface area contributed by atoms with Gasteiger partial charge in [0, 0.05) is 24.1 Å². The van der Waals surface area contributed by atoms with Crippen LogP contribution in [0.4, 0.5) is 0 Å². The highest BCUT2D eigenvalue weighted by Crippen LogP contribution is 2.16. The molecule has 1 aliphatic heterocycles. The standard InChI is InChI=1S/C15H19BrN2O4/c1-21-14(19)10-13-15(20)17-6-7-18(13)8-9-22-12-4-2-11(16)3-5-12/h2-5,13H,6-10H2,1H3,(H,17,20). The van der Waals surface area contributed by atoms with Crippen molar-refractivity contribution < 1.29 is 19.1 Å². The van der Waals surface area contributed by atoms with Crippen LogP contribution >= 0.6 is 15.9 Å². The molecule has 1 amide bonds. The number of benzene rings is 1. The van der Waals surface area contributed by atoms with Gasteiger partial charge in [0.1, 0.15) is 12.4 Å². The number of nitrogens with one attached hydrogen (secondary N) is 1. The number of methoxy groups -OCH3 is 1. The van der Waals surface area contributed by atoms with Crippen molar-refractivity contribution in [2.24, 2.45) is 0 Å². The summed E-state index contributed by atoms with van der Waals surface area (Å²) in [6.07, 6.45) is 0.0562. The molecule has 1 heterocycles. The van der Waals surface area contributed by atoms with Gasteiger partial charge in [-0.1, -0.05) is 15.9 Å². The second-order valence-corrected chi connectivity index (χ2v) is 5.84. The molecule has 22 heavy (non-hydrogen) atoms. The number of hydrogen-bond acceptors (Lipinski definition) is 5. The fourth-order valence-corrected chi connectivity index (χ4v) is 2.57. The van der Waals surface area contributed by atoms with E-state index >= 15 is 0 Å². The minimum atomic E-state index is -0.491. The van der Waals surface area contributed by atoms with E-state index in [1.807, 2.05) is 29.2 Å². The lowest BCUT2D eigenvalue weighted by Gasteiger charge is -2.34. The van der Waals surface area contributed by atoms with Gasteiger partial charge in [-0.15, -0.1) is 0 Å². The molecule has 1 aromatic rings. The van der Waals surface area contributed by atoms with Crippen LogP contribution in [0.25, 0.3) is 0 Å². The van der Waals surface area contributed by atoms with Crippen LogP contribution < -0.4 is 10.1 Å². The zero-order valence-corrected chi connectivity index (χ0v) is 14.0. The van der Waals surface area contributed by atoms with Crippen LogP contribution in [0.2, 0.25) is 0 Å². The van der Waals surface area contributed by atoms with Crippen molar-refractivity contribution in [2.45, 2.75) is 12.5 Å². The average Bonchev–Trinajstić information content (AvgIpc) is 2.52. The highest BCUT2D eigenvalue weighted by Gasteiger charge is 2.31. The lowest BCUT2D eigenvalue weighted by Crippen LogP contribution is -2.56. The van der Waals surface area contributed by atoms with Crippen molar-refractivity contribution in [3.8, 4) is 5.75 Å². The van der Waals surface area contributed by atoms with Gasteiger partial charge >= 0.3 is 5.97 Å². The first kappa shape index (κ1) is 16.8. The number of esters is 1. The first-order valence-electron chi connectivity index (χ1n) is 7.07. The van der Waals surface area contributed by atoms with Crippen molar-refractivity contribution in [3.63, 3.8) is 0 Å². The molecule has 0 bridgehead atoms. The van der Waals surface area contributed by atoms with Crippen LogP contribution in [0.5, 0.6) is 5.75 Å².